The lowest BCUT2D eigenvalue weighted by Crippen LogP contribution is -2.54. The summed E-state index contributed by atoms with van der Waals surface area (Å²) in [6, 6.07) is 4.72. The Balaban J connectivity index is 2.92. The van der Waals surface area contributed by atoms with Crippen LogP contribution in [-0.4, -0.2) is 28.6 Å². The molecular formula is C18H27NO4. The van der Waals surface area contributed by atoms with E-state index in [0.29, 0.717) is 12.2 Å². The molecule has 0 fully saturated rings. The molecule has 23 heavy (non-hydrogen) atoms. The van der Waals surface area contributed by atoms with Gasteiger partial charge in [0.05, 0.1) is 0 Å². The fraction of sp³-hybridized carbons (Fsp3) is 0.556. The van der Waals surface area contributed by atoms with Gasteiger partial charge in [-0.15, -0.1) is 0 Å². The quantitative estimate of drug-likeness (QED) is 0.809. The van der Waals surface area contributed by atoms with Crippen molar-refractivity contribution in [3.8, 4) is 5.75 Å². The highest BCUT2D eigenvalue weighted by Crippen LogP contribution is 2.25. The van der Waals surface area contributed by atoms with Crippen LogP contribution in [0.25, 0.3) is 0 Å². The second-order valence-corrected chi connectivity index (χ2v) is 6.49. The maximum Gasteiger partial charge on any atom is 0.326 e. The average molecular weight is 321 g/mol. The van der Waals surface area contributed by atoms with E-state index in [9.17, 15) is 14.7 Å². The minimum atomic E-state index is -1.17. The number of benzene rings is 1. The Morgan fingerprint density at radius 1 is 1.30 bits per heavy atom. The van der Waals surface area contributed by atoms with Crippen LogP contribution in [0.1, 0.15) is 45.2 Å². The van der Waals surface area contributed by atoms with E-state index in [1.165, 1.54) is 0 Å². The highest BCUT2D eigenvalue weighted by molar-refractivity contribution is 5.89. The normalized spacial score (nSPS) is 14.0. The van der Waals surface area contributed by atoms with Crippen molar-refractivity contribution in [3.63, 3.8) is 0 Å². The summed E-state index contributed by atoms with van der Waals surface area (Å²) in [5.41, 5.74) is 0.867. The Bertz CT molecular complexity index is 580. The molecule has 2 N–H and O–H groups in total. The van der Waals surface area contributed by atoms with Crippen LogP contribution in [0.3, 0.4) is 0 Å². The first kappa shape index (κ1) is 19.0. The van der Waals surface area contributed by atoms with Gasteiger partial charge < -0.3 is 15.2 Å². The number of carbonyl (C=O) groups is 2. The van der Waals surface area contributed by atoms with E-state index in [1.807, 2.05) is 32.9 Å². The van der Waals surface area contributed by atoms with Crippen molar-refractivity contribution in [2.75, 3.05) is 0 Å². The van der Waals surface area contributed by atoms with Crippen molar-refractivity contribution in [2.45, 2.75) is 59.6 Å². The second-order valence-electron chi connectivity index (χ2n) is 6.49. The molecule has 2 atom stereocenters. The minimum absolute atomic E-state index is 0.159. The zero-order chi connectivity index (χ0) is 17.8. The van der Waals surface area contributed by atoms with Crippen LogP contribution < -0.4 is 10.1 Å². The number of carboxylic acid groups (broad SMARTS) is 1. The SMILES string of the molecule is CCC(C)C(NC(=O)C(C)(C)Oc1cccc(C)c1C)C(=O)O. The summed E-state index contributed by atoms with van der Waals surface area (Å²) in [5.74, 6) is -1.00. The summed E-state index contributed by atoms with van der Waals surface area (Å²) >= 11 is 0. The lowest BCUT2D eigenvalue weighted by Gasteiger charge is -2.29. The summed E-state index contributed by atoms with van der Waals surface area (Å²) < 4.78 is 5.86. The second kappa shape index (κ2) is 7.49. The number of aryl methyl sites for hydroxylation is 1. The maximum atomic E-state index is 12.5. The summed E-state index contributed by atoms with van der Waals surface area (Å²) in [7, 11) is 0. The summed E-state index contributed by atoms with van der Waals surface area (Å²) in [6.07, 6.45) is 0.662. The van der Waals surface area contributed by atoms with E-state index in [0.717, 1.165) is 11.1 Å². The summed E-state index contributed by atoms with van der Waals surface area (Å²) in [6.45, 7) is 10.9. The molecule has 1 aromatic carbocycles. The molecule has 0 saturated heterocycles. The van der Waals surface area contributed by atoms with Gasteiger partial charge in [0.2, 0.25) is 0 Å². The van der Waals surface area contributed by atoms with Gasteiger partial charge in [-0.2, -0.15) is 0 Å². The average Bonchev–Trinajstić information content (AvgIpc) is 2.47. The number of hydrogen-bond acceptors (Lipinski definition) is 3. The lowest BCUT2D eigenvalue weighted by atomic mass is 9.98. The molecule has 0 bridgehead atoms. The number of amides is 1. The monoisotopic (exact) mass is 321 g/mol. The van der Waals surface area contributed by atoms with Gasteiger partial charge in [0.1, 0.15) is 11.8 Å². The van der Waals surface area contributed by atoms with E-state index in [2.05, 4.69) is 5.32 Å². The molecule has 0 spiro atoms. The predicted octanol–water partition coefficient (Wildman–Crippen LogP) is 3.08. The summed E-state index contributed by atoms with van der Waals surface area (Å²) in [5, 5.41) is 11.9. The number of carbonyl (C=O) groups excluding carboxylic acids is 1. The van der Waals surface area contributed by atoms with E-state index in [4.69, 9.17) is 4.74 Å². The van der Waals surface area contributed by atoms with Crippen molar-refractivity contribution in [2.24, 2.45) is 5.92 Å². The van der Waals surface area contributed by atoms with Crippen LogP contribution in [-0.2, 0) is 9.59 Å². The zero-order valence-electron chi connectivity index (χ0n) is 14.8. The van der Waals surface area contributed by atoms with Crippen molar-refractivity contribution in [1.82, 2.24) is 5.32 Å². The topological polar surface area (TPSA) is 75.6 Å². The number of nitrogens with one attached hydrogen (secondary N) is 1. The fourth-order valence-electron chi connectivity index (χ4n) is 2.15. The van der Waals surface area contributed by atoms with Gasteiger partial charge in [-0.1, -0.05) is 32.4 Å². The molecule has 1 aromatic rings. The first-order valence-electron chi connectivity index (χ1n) is 7.89. The molecular weight excluding hydrogens is 294 g/mol. The van der Waals surface area contributed by atoms with Gasteiger partial charge in [-0.3, -0.25) is 4.79 Å². The van der Waals surface area contributed by atoms with Gasteiger partial charge >= 0.3 is 5.97 Å². The van der Waals surface area contributed by atoms with Crippen LogP contribution in [0.4, 0.5) is 0 Å². The molecule has 0 aliphatic carbocycles. The smallest absolute Gasteiger partial charge is 0.326 e. The molecule has 1 rings (SSSR count). The molecule has 0 aliphatic rings. The zero-order valence-corrected chi connectivity index (χ0v) is 14.8. The standard InChI is InChI=1S/C18H27NO4/c1-7-11(2)15(16(20)21)19-17(22)18(5,6)23-14-10-8-9-12(3)13(14)4/h8-11,15H,7H2,1-6H3,(H,19,22)(H,20,21). The van der Waals surface area contributed by atoms with Crippen molar-refractivity contribution < 1.29 is 19.4 Å². The molecule has 0 radical (unpaired) electrons. The Morgan fingerprint density at radius 3 is 2.43 bits per heavy atom. The highest BCUT2D eigenvalue weighted by Gasteiger charge is 2.35. The molecule has 5 heteroatoms. The Hall–Kier alpha value is -2.04. The van der Waals surface area contributed by atoms with Gasteiger partial charge in [-0.25, -0.2) is 4.79 Å². The van der Waals surface area contributed by atoms with Crippen LogP contribution in [0.15, 0.2) is 18.2 Å². The Kier molecular flexibility index (Phi) is 6.19. The van der Waals surface area contributed by atoms with Crippen molar-refractivity contribution in [3.05, 3.63) is 29.3 Å². The molecule has 0 aliphatic heterocycles. The Labute approximate surface area is 138 Å². The predicted molar refractivity (Wildman–Crippen MR) is 89.6 cm³/mol. The number of ether oxygens (including phenoxy) is 1. The van der Waals surface area contributed by atoms with Gasteiger partial charge in [-0.05, 0) is 50.8 Å². The van der Waals surface area contributed by atoms with Crippen LogP contribution in [0.5, 0.6) is 5.75 Å². The van der Waals surface area contributed by atoms with Crippen LogP contribution in [0.2, 0.25) is 0 Å². The fourth-order valence-corrected chi connectivity index (χ4v) is 2.15. The maximum absolute atomic E-state index is 12.5. The largest absolute Gasteiger partial charge is 0.480 e. The third kappa shape index (κ3) is 4.71. The van der Waals surface area contributed by atoms with Crippen molar-refractivity contribution >= 4 is 11.9 Å². The summed E-state index contributed by atoms with van der Waals surface area (Å²) in [4.78, 5) is 23.9. The molecule has 2 unspecified atom stereocenters. The molecule has 0 saturated carbocycles. The van der Waals surface area contributed by atoms with Gasteiger partial charge in [0.15, 0.2) is 5.60 Å². The van der Waals surface area contributed by atoms with E-state index < -0.39 is 23.5 Å². The highest BCUT2D eigenvalue weighted by atomic mass is 16.5. The lowest BCUT2D eigenvalue weighted by molar-refractivity contribution is -0.146. The molecule has 1 amide bonds. The third-order valence-corrected chi connectivity index (χ3v) is 4.23. The number of aliphatic carboxylic acids is 1. The van der Waals surface area contributed by atoms with E-state index in [-0.39, 0.29) is 5.92 Å². The molecule has 5 nitrogen and oxygen atoms in total. The van der Waals surface area contributed by atoms with E-state index >= 15 is 0 Å². The van der Waals surface area contributed by atoms with E-state index in [1.54, 1.807) is 26.8 Å². The Morgan fingerprint density at radius 2 is 1.91 bits per heavy atom. The van der Waals surface area contributed by atoms with Crippen LogP contribution >= 0.6 is 0 Å². The molecule has 0 aromatic heterocycles. The minimum Gasteiger partial charge on any atom is -0.480 e. The molecule has 0 heterocycles. The number of rotatable bonds is 7. The van der Waals surface area contributed by atoms with Gasteiger partial charge in [0, 0.05) is 0 Å². The molecule has 128 valence electrons. The number of carboxylic acids is 1. The third-order valence-electron chi connectivity index (χ3n) is 4.23. The number of hydrogen-bond donors (Lipinski definition) is 2. The van der Waals surface area contributed by atoms with Gasteiger partial charge in [0.25, 0.3) is 5.91 Å². The van der Waals surface area contributed by atoms with Crippen LogP contribution in [0, 0.1) is 19.8 Å². The van der Waals surface area contributed by atoms with Crippen molar-refractivity contribution in [1.29, 1.82) is 0 Å². The first-order chi connectivity index (χ1) is 10.6. The first-order valence-corrected chi connectivity index (χ1v) is 7.89.